The van der Waals surface area contributed by atoms with Crippen LogP contribution < -0.4 is 0 Å². The van der Waals surface area contributed by atoms with Gasteiger partial charge in [-0.25, -0.2) is 4.79 Å². The Morgan fingerprint density at radius 1 is 1.60 bits per heavy atom. The summed E-state index contributed by atoms with van der Waals surface area (Å²) in [5, 5.41) is 8.55. The zero-order chi connectivity index (χ0) is 8.15. The predicted octanol–water partition coefficient (Wildman–Crippen LogP) is 2.06. The van der Waals surface area contributed by atoms with E-state index >= 15 is 0 Å². The molecule has 0 saturated carbocycles. The Kier molecular flexibility index (Phi) is 3.77. The quantitative estimate of drug-likeness (QED) is 0.612. The van der Waals surface area contributed by atoms with Gasteiger partial charge in [-0.2, -0.15) is 0 Å². The van der Waals surface area contributed by atoms with Crippen molar-refractivity contribution in [2.24, 2.45) is 5.92 Å². The number of hydrogen-bond donors (Lipinski definition) is 1. The molecule has 0 aromatic rings. The number of carbonyl (C=O) groups is 1. The lowest BCUT2D eigenvalue weighted by Crippen LogP contribution is -2.03. The van der Waals surface area contributed by atoms with Crippen LogP contribution in [0.5, 0.6) is 0 Å². The van der Waals surface area contributed by atoms with Gasteiger partial charge in [-0.1, -0.05) is 19.9 Å². The minimum atomic E-state index is -0.795. The van der Waals surface area contributed by atoms with E-state index in [-0.39, 0.29) is 0 Å². The third kappa shape index (κ3) is 3.28. The maximum atomic E-state index is 10.4. The van der Waals surface area contributed by atoms with Crippen LogP contribution in [0, 0.1) is 5.92 Å². The van der Waals surface area contributed by atoms with Crippen LogP contribution in [0.2, 0.25) is 0 Å². The molecule has 58 valence electrons. The van der Waals surface area contributed by atoms with Crippen LogP contribution >= 0.6 is 0 Å². The average Bonchev–Trinajstić information content (AvgIpc) is 1.81. The summed E-state index contributed by atoms with van der Waals surface area (Å²) in [7, 11) is 0. The molecule has 0 radical (unpaired) electrons. The van der Waals surface area contributed by atoms with Crippen LogP contribution in [-0.2, 0) is 4.79 Å². The van der Waals surface area contributed by atoms with E-state index in [0.717, 1.165) is 0 Å². The van der Waals surface area contributed by atoms with Gasteiger partial charge in [0.1, 0.15) is 0 Å². The first-order chi connectivity index (χ1) is 4.57. The summed E-state index contributed by atoms with van der Waals surface area (Å²) in [6.45, 7) is 5.77. The van der Waals surface area contributed by atoms with Gasteiger partial charge in [-0.3, -0.25) is 0 Å². The maximum Gasteiger partial charge on any atom is 0.331 e. The van der Waals surface area contributed by atoms with Crippen molar-refractivity contribution in [2.45, 2.75) is 27.2 Å². The fraction of sp³-hybridized carbons (Fsp3) is 0.625. The van der Waals surface area contributed by atoms with E-state index in [1.54, 1.807) is 13.0 Å². The standard InChI is InChI=1S/C8H14O2/c1-4-7(8(9)10)5-6(2)3/h4,6H,5H2,1-3H3,(H,9,10). The summed E-state index contributed by atoms with van der Waals surface area (Å²) in [4.78, 5) is 10.4. The maximum absolute atomic E-state index is 10.4. The molecule has 0 atom stereocenters. The molecule has 1 N–H and O–H groups in total. The number of allylic oxidation sites excluding steroid dienone is 1. The van der Waals surface area contributed by atoms with E-state index < -0.39 is 5.97 Å². The van der Waals surface area contributed by atoms with E-state index in [1.165, 1.54) is 0 Å². The topological polar surface area (TPSA) is 37.3 Å². The third-order valence-corrected chi connectivity index (χ3v) is 1.25. The molecule has 2 heteroatoms. The van der Waals surface area contributed by atoms with Crippen LogP contribution in [0.15, 0.2) is 11.6 Å². The van der Waals surface area contributed by atoms with E-state index in [1.807, 2.05) is 13.8 Å². The summed E-state index contributed by atoms with van der Waals surface area (Å²) >= 11 is 0. The molecule has 0 rings (SSSR count). The van der Waals surface area contributed by atoms with Gasteiger partial charge in [-0.05, 0) is 19.3 Å². The number of rotatable bonds is 3. The fourth-order valence-corrected chi connectivity index (χ4v) is 0.768. The molecular weight excluding hydrogens is 128 g/mol. The van der Waals surface area contributed by atoms with Gasteiger partial charge in [0.05, 0.1) is 0 Å². The predicted molar refractivity (Wildman–Crippen MR) is 40.8 cm³/mol. The normalized spacial score (nSPS) is 12.2. The van der Waals surface area contributed by atoms with Crippen LogP contribution in [0.1, 0.15) is 27.2 Å². The van der Waals surface area contributed by atoms with Gasteiger partial charge < -0.3 is 5.11 Å². The Morgan fingerprint density at radius 3 is 2.20 bits per heavy atom. The van der Waals surface area contributed by atoms with Gasteiger partial charge >= 0.3 is 5.97 Å². The van der Waals surface area contributed by atoms with E-state index in [4.69, 9.17) is 5.11 Å². The highest BCUT2D eigenvalue weighted by molar-refractivity contribution is 5.86. The highest BCUT2D eigenvalue weighted by atomic mass is 16.4. The molecule has 10 heavy (non-hydrogen) atoms. The first-order valence-electron chi connectivity index (χ1n) is 3.46. The number of carboxylic acid groups (broad SMARTS) is 1. The third-order valence-electron chi connectivity index (χ3n) is 1.25. The molecule has 2 nitrogen and oxygen atoms in total. The van der Waals surface area contributed by atoms with Crippen molar-refractivity contribution in [3.05, 3.63) is 11.6 Å². The van der Waals surface area contributed by atoms with Crippen LogP contribution in [0.25, 0.3) is 0 Å². The van der Waals surface area contributed by atoms with E-state index in [2.05, 4.69) is 0 Å². The summed E-state index contributed by atoms with van der Waals surface area (Å²) in [5.41, 5.74) is 0.509. The van der Waals surface area contributed by atoms with Crippen molar-refractivity contribution >= 4 is 5.97 Å². The molecule has 0 aliphatic heterocycles. The van der Waals surface area contributed by atoms with Gasteiger partial charge in [0.15, 0.2) is 0 Å². The van der Waals surface area contributed by atoms with Gasteiger partial charge in [-0.15, -0.1) is 0 Å². The molecule has 0 spiro atoms. The minimum Gasteiger partial charge on any atom is -0.478 e. The van der Waals surface area contributed by atoms with Gasteiger partial charge in [0.25, 0.3) is 0 Å². The Hall–Kier alpha value is -0.790. The van der Waals surface area contributed by atoms with Crippen molar-refractivity contribution in [2.75, 3.05) is 0 Å². The number of aliphatic carboxylic acids is 1. The Labute approximate surface area is 61.6 Å². The number of hydrogen-bond acceptors (Lipinski definition) is 1. The molecule has 0 unspecified atom stereocenters. The second-order valence-corrected chi connectivity index (χ2v) is 2.72. The monoisotopic (exact) mass is 142 g/mol. The first-order valence-corrected chi connectivity index (χ1v) is 3.46. The minimum absolute atomic E-state index is 0.419. The first kappa shape index (κ1) is 9.21. The van der Waals surface area contributed by atoms with Crippen molar-refractivity contribution in [1.29, 1.82) is 0 Å². The molecule has 0 heterocycles. The highest BCUT2D eigenvalue weighted by Gasteiger charge is 2.06. The smallest absolute Gasteiger partial charge is 0.331 e. The Bertz CT molecular complexity index is 145. The summed E-state index contributed by atoms with van der Waals surface area (Å²) in [5.74, 6) is -0.376. The molecule has 0 aromatic carbocycles. The average molecular weight is 142 g/mol. The SMILES string of the molecule is CC=C(CC(C)C)C(=O)O. The second kappa shape index (κ2) is 4.09. The Balaban J connectivity index is 3.99. The number of carboxylic acids is 1. The van der Waals surface area contributed by atoms with E-state index in [0.29, 0.717) is 17.9 Å². The summed E-state index contributed by atoms with van der Waals surface area (Å²) in [6, 6.07) is 0. The van der Waals surface area contributed by atoms with Crippen molar-refractivity contribution < 1.29 is 9.90 Å². The highest BCUT2D eigenvalue weighted by Crippen LogP contribution is 2.09. The molecule has 0 aromatic heterocycles. The van der Waals surface area contributed by atoms with Crippen molar-refractivity contribution in [3.8, 4) is 0 Å². The van der Waals surface area contributed by atoms with Crippen LogP contribution in [0.4, 0.5) is 0 Å². The van der Waals surface area contributed by atoms with Crippen molar-refractivity contribution in [3.63, 3.8) is 0 Å². The molecular formula is C8H14O2. The zero-order valence-electron chi connectivity index (χ0n) is 6.72. The van der Waals surface area contributed by atoms with Crippen molar-refractivity contribution in [1.82, 2.24) is 0 Å². The lowest BCUT2D eigenvalue weighted by molar-refractivity contribution is -0.132. The largest absolute Gasteiger partial charge is 0.478 e. The molecule has 0 amide bonds. The van der Waals surface area contributed by atoms with Crippen LogP contribution in [-0.4, -0.2) is 11.1 Å². The molecule has 0 bridgehead atoms. The summed E-state index contributed by atoms with van der Waals surface area (Å²) in [6.07, 6.45) is 2.31. The Morgan fingerprint density at radius 2 is 2.10 bits per heavy atom. The summed E-state index contributed by atoms with van der Waals surface area (Å²) < 4.78 is 0. The van der Waals surface area contributed by atoms with Gasteiger partial charge in [0, 0.05) is 5.57 Å². The fourth-order valence-electron chi connectivity index (χ4n) is 0.768. The second-order valence-electron chi connectivity index (χ2n) is 2.72. The molecule has 0 aliphatic rings. The van der Waals surface area contributed by atoms with Gasteiger partial charge in [0.2, 0.25) is 0 Å². The molecule has 0 saturated heterocycles. The van der Waals surface area contributed by atoms with E-state index in [9.17, 15) is 4.79 Å². The molecule has 0 fully saturated rings. The lowest BCUT2D eigenvalue weighted by Gasteiger charge is -2.03. The molecule has 0 aliphatic carbocycles. The van der Waals surface area contributed by atoms with Crippen LogP contribution in [0.3, 0.4) is 0 Å². The zero-order valence-corrected chi connectivity index (χ0v) is 6.72. The lowest BCUT2D eigenvalue weighted by atomic mass is 10.0.